The lowest BCUT2D eigenvalue weighted by molar-refractivity contribution is 0.267. The first-order valence-electron chi connectivity index (χ1n) is 6.03. The maximum absolute atomic E-state index is 6.31. The van der Waals surface area contributed by atoms with Crippen molar-refractivity contribution in [2.24, 2.45) is 11.8 Å². The fourth-order valence-corrected chi connectivity index (χ4v) is 3.49. The molecule has 1 aliphatic carbocycles. The predicted molar refractivity (Wildman–Crippen MR) is 69.4 cm³/mol. The second-order valence-corrected chi connectivity index (χ2v) is 6.08. The van der Waals surface area contributed by atoms with Crippen molar-refractivity contribution in [2.75, 3.05) is 13.6 Å². The Bertz CT molecular complexity index is 264. The zero-order valence-electron chi connectivity index (χ0n) is 9.83. The van der Waals surface area contributed by atoms with Gasteiger partial charge in [0.2, 0.25) is 0 Å². The van der Waals surface area contributed by atoms with Gasteiger partial charge in [0.15, 0.2) is 0 Å². The Morgan fingerprint density at radius 2 is 2.20 bits per heavy atom. The smallest absolute Gasteiger partial charge is 0.0810 e. The molecule has 2 fully saturated rings. The highest BCUT2D eigenvalue weighted by molar-refractivity contribution is 7.80. The molecule has 0 aromatic carbocycles. The molecule has 0 spiro atoms. The average molecular weight is 221 g/mol. The summed E-state index contributed by atoms with van der Waals surface area (Å²) in [5.41, 5.74) is 0. The van der Waals surface area contributed by atoms with Crippen LogP contribution in [0.25, 0.3) is 0 Å². The summed E-state index contributed by atoms with van der Waals surface area (Å²) in [6.45, 7) is 3.33. The number of rotatable bonds is 0. The number of fused-ring (bicyclic) bond motifs is 1. The molecule has 2 rings (SSSR count). The van der Waals surface area contributed by atoms with Crippen LogP contribution in [0.4, 0.5) is 0 Å². The van der Waals surface area contributed by atoms with Crippen molar-refractivity contribution >= 4 is 25.1 Å². The standard InChI is InChI=1S/C12H20BNS/c1-12(13)6-3-4-9-5-7-14(2)11(15)10(9)8-12/h9-10H,3-8H2,1-2H3. The van der Waals surface area contributed by atoms with Gasteiger partial charge >= 0.3 is 0 Å². The van der Waals surface area contributed by atoms with Gasteiger partial charge < -0.3 is 4.90 Å². The van der Waals surface area contributed by atoms with Crippen molar-refractivity contribution in [2.45, 2.75) is 44.3 Å². The van der Waals surface area contributed by atoms with E-state index in [4.69, 9.17) is 20.1 Å². The van der Waals surface area contributed by atoms with Crippen LogP contribution in [0.5, 0.6) is 0 Å². The van der Waals surface area contributed by atoms with Gasteiger partial charge in [-0.25, -0.2) is 0 Å². The fraction of sp³-hybridized carbons (Fsp3) is 0.917. The van der Waals surface area contributed by atoms with E-state index < -0.39 is 0 Å². The van der Waals surface area contributed by atoms with Gasteiger partial charge in [0.05, 0.1) is 12.8 Å². The van der Waals surface area contributed by atoms with Gasteiger partial charge in [-0.05, 0) is 25.2 Å². The summed E-state index contributed by atoms with van der Waals surface area (Å²) in [7, 11) is 8.44. The molecule has 3 atom stereocenters. The van der Waals surface area contributed by atoms with Crippen LogP contribution < -0.4 is 0 Å². The summed E-state index contributed by atoms with van der Waals surface area (Å²) in [6, 6.07) is 0. The second-order valence-electron chi connectivity index (χ2n) is 5.67. The molecule has 1 saturated heterocycles. The number of thiocarbonyl (C=S) groups is 1. The van der Waals surface area contributed by atoms with Gasteiger partial charge in [-0.3, -0.25) is 0 Å². The topological polar surface area (TPSA) is 3.24 Å². The van der Waals surface area contributed by atoms with Crippen molar-refractivity contribution in [3.8, 4) is 0 Å². The Morgan fingerprint density at radius 3 is 2.93 bits per heavy atom. The fourth-order valence-electron chi connectivity index (χ4n) is 3.13. The van der Waals surface area contributed by atoms with Crippen molar-refractivity contribution in [1.82, 2.24) is 4.90 Å². The van der Waals surface area contributed by atoms with Crippen molar-refractivity contribution < 1.29 is 0 Å². The first kappa shape index (κ1) is 11.4. The maximum atomic E-state index is 6.31. The molecule has 0 bridgehead atoms. The zero-order valence-corrected chi connectivity index (χ0v) is 10.6. The Hall–Kier alpha value is -0.0451. The van der Waals surface area contributed by atoms with E-state index in [0.717, 1.165) is 30.3 Å². The SMILES string of the molecule is [B]C1(C)CCCC2CCN(C)C(=S)C2C1. The van der Waals surface area contributed by atoms with Crippen LogP contribution in [-0.4, -0.2) is 31.3 Å². The Labute approximate surface area is 100 Å². The minimum Gasteiger partial charge on any atom is -0.369 e. The van der Waals surface area contributed by atoms with E-state index in [1.807, 2.05) is 0 Å². The van der Waals surface area contributed by atoms with Gasteiger partial charge in [0.25, 0.3) is 0 Å². The number of nitrogens with zero attached hydrogens (tertiary/aromatic N) is 1. The first-order valence-corrected chi connectivity index (χ1v) is 6.44. The summed E-state index contributed by atoms with van der Waals surface area (Å²) in [5.74, 6) is 1.37. The first-order chi connectivity index (χ1) is 6.99. The molecule has 2 aliphatic rings. The lowest BCUT2D eigenvalue weighted by Crippen LogP contribution is -2.42. The number of hydrogen-bond donors (Lipinski definition) is 0. The van der Waals surface area contributed by atoms with Crippen molar-refractivity contribution in [1.29, 1.82) is 0 Å². The van der Waals surface area contributed by atoms with Crippen molar-refractivity contribution in [3.63, 3.8) is 0 Å². The second kappa shape index (κ2) is 4.08. The van der Waals surface area contributed by atoms with Crippen LogP contribution in [0.1, 0.15) is 39.0 Å². The molecule has 3 heteroatoms. The number of piperidine rings is 1. The third kappa shape index (κ3) is 2.38. The largest absolute Gasteiger partial charge is 0.369 e. The third-order valence-corrected chi connectivity index (χ3v) is 4.72. The zero-order chi connectivity index (χ0) is 11.1. The normalized spacial score (nSPS) is 42.3. The molecule has 0 aromatic rings. The summed E-state index contributed by atoms with van der Waals surface area (Å²) >= 11 is 5.56. The summed E-state index contributed by atoms with van der Waals surface area (Å²) in [6.07, 6.45) is 6.15. The molecular formula is C12H20BNS. The maximum Gasteiger partial charge on any atom is 0.0810 e. The highest BCUT2D eigenvalue weighted by atomic mass is 32.1. The Kier molecular flexibility index (Phi) is 3.11. The summed E-state index contributed by atoms with van der Waals surface area (Å²) < 4.78 is 0. The minimum absolute atomic E-state index is 0.00164. The highest BCUT2D eigenvalue weighted by Crippen LogP contribution is 2.46. The van der Waals surface area contributed by atoms with E-state index in [-0.39, 0.29) is 5.31 Å². The molecule has 3 unspecified atom stereocenters. The van der Waals surface area contributed by atoms with Gasteiger partial charge in [-0.2, -0.15) is 0 Å². The molecule has 0 amide bonds. The van der Waals surface area contributed by atoms with Gasteiger partial charge in [0, 0.05) is 19.5 Å². The van der Waals surface area contributed by atoms with Crippen LogP contribution in [-0.2, 0) is 0 Å². The van der Waals surface area contributed by atoms with Crippen LogP contribution in [0, 0.1) is 11.8 Å². The number of likely N-dealkylation sites (tertiary alicyclic amines) is 1. The van der Waals surface area contributed by atoms with Gasteiger partial charge in [-0.1, -0.05) is 37.3 Å². The molecule has 0 aromatic heterocycles. The molecule has 2 radical (unpaired) electrons. The Morgan fingerprint density at radius 1 is 1.47 bits per heavy atom. The molecular weight excluding hydrogens is 201 g/mol. The van der Waals surface area contributed by atoms with E-state index in [1.54, 1.807) is 0 Å². The predicted octanol–water partition coefficient (Wildman–Crippen LogP) is 2.80. The quantitative estimate of drug-likeness (QED) is 0.457. The molecule has 1 heterocycles. The number of hydrogen-bond acceptors (Lipinski definition) is 1. The average Bonchev–Trinajstić information content (AvgIpc) is 2.30. The van der Waals surface area contributed by atoms with Crippen LogP contribution in [0.2, 0.25) is 5.31 Å². The molecule has 82 valence electrons. The summed E-state index contributed by atoms with van der Waals surface area (Å²) in [4.78, 5) is 3.41. The summed E-state index contributed by atoms with van der Waals surface area (Å²) in [5, 5.41) is 0.00164. The van der Waals surface area contributed by atoms with Crippen molar-refractivity contribution in [3.05, 3.63) is 0 Å². The molecule has 1 aliphatic heterocycles. The lowest BCUT2D eigenvalue weighted by atomic mass is 9.63. The molecule has 1 nitrogen and oxygen atoms in total. The van der Waals surface area contributed by atoms with E-state index >= 15 is 0 Å². The highest BCUT2D eigenvalue weighted by Gasteiger charge is 2.37. The van der Waals surface area contributed by atoms with E-state index in [1.165, 1.54) is 19.3 Å². The van der Waals surface area contributed by atoms with Crippen LogP contribution in [0.3, 0.4) is 0 Å². The van der Waals surface area contributed by atoms with Gasteiger partial charge in [0.1, 0.15) is 0 Å². The molecule has 1 saturated carbocycles. The van der Waals surface area contributed by atoms with Crippen LogP contribution >= 0.6 is 12.2 Å². The monoisotopic (exact) mass is 221 g/mol. The molecule has 15 heavy (non-hydrogen) atoms. The van der Waals surface area contributed by atoms with E-state index in [0.29, 0.717) is 5.92 Å². The van der Waals surface area contributed by atoms with E-state index in [2.05, 4.69) is 18.9 Å². The van der Waals surface area contributed by atoms with Crippen LogP contribution in [0.15, 0.2) is 0 Å². The molecule has 0 N–H and O–H groups in total. The third-order valence-electron chi connectivity index (χ3n) is 4.11. The minimum atomic E-state index is 0.00164. The van der Waals surface area contributed by atoms with E-state index in [9.17, 15) is 0 Å². The Balaban J connectivity index is 2.16. The lowest BCUT2D eigenvalue weighted by Gasteiger charge is -2.39. The van der Waals surface area contributed by atoms with Gasteiger partial charge in [-0.15, -0.1) is 0 Å².